The smallest absolute Gasteiger partial charge is 0.265 e. The number of hydrogen-bond acceptors (Lipinski definition) is 4. The molecule has 1 amide bonds. The van der Waals surface area contributed by atoms with Gasteiger partial charge in [0.05, 0.1) is 5.69 Å². The summed E-state index contributed by atoms with van der Waals surface area (Å²) in [5, 5.41) is 0.964. The van der Waals surface area contributed by atoms with Crippen LogP contribution in [0.2, 0.25) is 0 Å². The van der Waals surface area contributed by atoms with E-state index < -0.39 is 0 Å². The maximum absolute atomic E-state index is 13.2. The molecule has 2 aromatic rings. The van der Waals surface area contributed by atoms with Crippen molar-refractivity contribution in [2.45, 2.75) is 59.4 Å². The quantitative estimate of drug-likeness (QED) is 0.750. The lowest BCUT2D eigenvalue weighted by molar-refractivity contribution is 0.0577. The van der Waals surface area contributed by atoms with E-state index >= 15 is 0 Å². The molecule has 1 saturated heterocycles. The highest BCUT2D eigenvalue weighted by atomic mass is 32.1. The zero-order valence-electron chi connectivity index (χ0n) is 17.5. The number of thiazole rings is 1. The van der Waals surface area contributed by atoms with E-state index in [9.17, 15) is 4.79 Å². The Balaban J connectivity index is 1.49. The van der Waals surface area contributed by atoms with Crippen molar-refractivity contribution in [1.82, 2.24) is 14.8 Å². The minimum absolute atomic E-state index is 0.161. The Kier molecular flexibility index (Phi) is 5.57. The molecule has 28 heavy (non-hydrogen) atoms. The van der Waals surface area contributed by atoms with Gasteiger partial charge in [-0.05, 0) is 63.3 Å². The predicted octanol–water partition coefficient (Wildman–Crippen LogP) is 4.74. The molecule has 0 radical (unpaired) electrons. The number of rotatable bonds is 3. The first-order chi connectivity index (χ1) is 13.4. The number of amides is 1. The summed E-state index contributed by atoms with van der Waals surface area (Å²) < 4.78 is 0. The van der Waals surface area contributed by atoms with Crippen LogP contribution in [0.25, 0.3) is 10.6 Å². The molecule has 5 heteroatoms. The molecule has 1 aromatic heterocycles. The Morgan fingerprint density at radius 1 is 0.964 bits per heavy atom. The van der Waals surface area contributed by atoms with Crippen LogP contribution in [-0.2, 0) is 0 Å². The van der Waals surface area contributed by atoms with Crippen molar-refractivity contribution in [1.29, 1.82) is 0 Å². The van der Waals surface area contributed by atoms with Gasteiger partial charge in [0, 0.05) is 37.8 Å². The normalized spacial score (nSPS) is 18.8. The van der Waals surface area contributed by atoms with Crippen molar-refractivity contribution in [3.05, 3.63) is 39.4 Å². The van der Waals surface area contributed by atoms with Gasteiger partial charge in [-0.3, -0.25) is 9.69 Å². The van der Waals surface area contributed by atoms with Gasteiger partial charge in [0.25, 0.3) is 5.91 Å². The van der Waals surface area contributed by atoms with Crippen molar-refractivity contribution in [3.8, 4) is 10.6 Å². The van der Waals surface area contributed by atoms with Crippen LogP contribution in [0.3, 0.4) is 0 Å². The minimum Gasteiger partial charge on any atom is -0.335 e. The summed E-state index contributed by atoms with van der Waals surface area (Å²) in [5.74, 6) is 0.161. The van der Waals surface area contributed by atoms with Gasteiger partial charge in [0.1, 0.15) is 9.88 Å². The van der Waals surface area contributed by atoms with Gasteiger partial charge >= 0.3 is 0 Å². The van der Waals surface area contributed by atoms with E-state index in [2.05, 4.69) is 37.8 Å². The van der Waals surface area contributed by atoms with Crippen LogP contribution in [0.1, 0.15) is 57.7 Å². The second kappa shape index (κ2) is 7.96. The lowest BCUT2D eigenvalue weighted by Crippen LogP contribution is -2.51. The number of carbonyl (C=O) groups excluding carboxylic acids is 1. The minimum atomic E-state index is 0.161. The summed E-state index contributed by atoms with van der Waals surface area (Å²) in [7, 11) is 0. The van der Waals surface area contributed by atoms with Gasteiger partial charge < -0.3 is 4.90 Å². The molecule has 0 spiro atoms. The Morgan fingerprint density at radius 2 is 1.61 bits per heavy atom. The first kappa shape index (κ1) is 19.6. The Hall–Kier alpha value is -1.72. The second-order valence-electron chi connectivity index (χ2n) is 8.45. The van der Waals surface area contributed by atoms with E-state index in [1.165, 1.54) is 42.4 Å². The van der Waals surface area contributed by atoms with Gasteiger partial charge in [-0.15, -0.1) is 11.3 Å². The highest BCUT2D eigenvalue weighted by molar-refractivity contribution is 7.17. The molecular formula is C23H31N3OS. The van der Waals surface area contributed by atoms with E-state index in [0.29, 0.717) is 0 Å². The zero-order chi connectivity index (χ0) is 19.8. The molecule has 1 aromatic carbocycles. The molecule has 0 atom stereocenters. The van der Waals surface area contributed by atoms with Crippen molar-refractivity contribution in [3.63, 3.8) is 0 Å². The first-order valence-electron chi connectivity index (χ1n) is 10.5. The highest BCUT2D eigenvalue weighted by Crippen LogP contribution is 2.33. The van der Waals surface area contributed by atoms with Gasteiger partial charge in [-0.2, -0.15) is 0 Å². The molecule has 0 N–H and O–H groups in total. The van der Waals surface area contributed by atoms with Crippen LogP contribution in [0, 0.1) is 27.7 Å². The number of carbonyl (C=O) groups is 1. The molecule has 0 unspecified atom stereocenters. The topological polar surface area (TPSA) is 36.4 Å². The summed E-state index contributed by atoms with van der Waals surface area (Å²) >= 11 is 1.55. The molecule has 1 saturated carbocycles. The van der Waals surface area contributed by atoms with E-state index in [-0.39, 0.29) is 5.91 Å². The van der Waals surface area contributed by atoms with Gasteiger partial charge in [-0.1, -0.05) is 18.9 Å². The van der Waals surface area contributed by atoms with Crippen molar-refractivity contribution < 1.29 is 4.79 Å². The molecule has 4 rings (SSSR count). The zero-order valence-corrected chi connectivity index (χ0v) is 18.4. The third-order valence-electron chi connectivity index (χ3n) is 6.50. The molecular weight excluding hydrogens is 366 g/mol. The van der Waals surface area contributed by atoms with Crippen LogP contribution >= 0.6 is 11.3 Å². The largest absolute Gasteiger partial charge is 0.335 e. The number of nitrogens with zero attached hydrogens (tertiary/aromatic N) is 3. The van der Waals surface area contributed by atoms with E-state index in [1.807, 2.05) is 11.8 Å². The fraction of sp³-hybridized carbons (Fsp3) is 0.565. The monoisotopic (exact) mass is 397 g/mol. The standard InChI is InChI=1S/C23H31N3OS/c1-15-13-17(3)20(14-16(15)2)22-24-18(4)21(28-22)23(27)26-11-9-25(10-12-26)19-7-5-6-8-19/h13-14,19H,5-12H2,1-4H3. The summed E-state index contributed by atoms with van der Waals surface area (Å²) in [6.45, 7) is 12.1. The molecule has 2 heterocycles. The summed E-state index contributed by atoms with van der Waals surface area (Å²) in [4.78, 5) is 23.4. The summed E-state index contributed by atoms with van der Waals surface area (Å²) in [5.41, 5.74) is 5.80. The van der Waals surface area contributed by atoms with Crippen LogP contribution in [0.4, 0.5) is 0 Å². The molecule has 1 aliphatic heterocycles. The van der Waals surface area contributed by atoms with Crippen LogP contribution < -0.4 is 0 Å². The second-order valence-corrected chi connectivity index (χ2v) is 9.45. The number of aryl methyl sites for hydroxylation is 4. The maximum Gasteiger partial charge on any atom is 0.265 e. The van der Waals surface area contributed by atoms with Gasteiger partial charge in [-0.25, -0.2) is 4.98 Å². The number of aromatic nitrogens is 1. The molecule has 2 fully saturated rings. The Labute approximate surface area is 172 Å². The van der Waals surface area contributed by atoms with Gasteiger partial charge in [0.15, 0.2) is 0 Å². The van der Waals surface area contributed by atoms with Crippen molar-refractivity contribution in [2.24, 2.45) is 0 Å². The molecule has 2 aliphatic rings. The summed E-state index contributed by atoms with van der Waals surface area (Å²) in [6.07, 6.45) is 5.40. The van der Waals surface area contributed by atoms with E-state index in [1.54, 1.807) is 11.3 Å². The molecule has 150 valence electrons. The maximum atomic E-state index is 13.2. The fourth-order valence-corrected chi connectivity index (χ4v) is 5.72. The Bertz CT molecular complexity index is 874. The molecule has 4 nitrogen and oxygen atoms in total. The SMILES string of the molecule is Cc1cc(C)c(-c2nc(C)c(C(=O)N3CCN(C4CCCC4)CC3)s2)cc1C. The summed E-state index contributed by atoms with van der Waals surface area (Å²) in [6, 6.07) is 5.17. The number of hydrogen-bond donors (Lipinski definition) is 0. The predicted molar refractivity (Wildman–Crippen MR) is 116 cm³/mol. The van der Waals surface area contributed by atoms with Crippen molar-refractivity contribution >= 4 is 17.2 Å². The molecule has 1 aliphatic carbocycles. The number of piperazine rings is 1. The Morgan fingerprint density at radius 3 is 2.29 bits per heavy atom. The average Bonchev–Trinajstić information content (AvgIpc) is 3.34. The lowest BCUT2D eigenvalue weighted by Gasteiger charge is -2.37. The number of benzene rings is 1. The molecule has 0 bridgehead atoms. The van der Waals surface area contributed by atoms with E-state index in [4.69, 9.17) is 4.98 Å². The van der Waals surface area contributed by atoms with Gasteiger partial charge in [0.2, 0.25) is 0 Å². The van der Waals surface area contributed by atoms with E-state index in [0.717, 1.165) is 53.4 Å². The third kappa shape index (κ3) is 3.74. The highest BCUT2D eigenvalue weighted by Gasteiger charge is 2.29. The van der Waals surface area contributed by atoms with Crippen LogP contribution in [0.15, 0.2) is 12.1 Å². The van der Waals surface area contributed by atoms with Crippen molar-refractivity contribution in [2.75, 3.05) is 26.2 Å². The van der Waals surface area contributed by atoms with Crippen LogP contribution in [0.5, 0.6) is 0 Å². The third-order valence-corrected chi connectivity index (χ3v) is 7.68. The average molecular weight is 398 g/mol. The lowest BCUT2D eigenvalue weighted by atomic mass is 10.0. The first-order valence-corrected chi connectivity index (χ1v) is 11.3. The fourth-order valence-electron chi connectivity index (χ4n) is 4.60. The van der Waals surface area contributed by atoms with Crippen LogP contribution in [-0.4, -0.2) is 52.9 Å².